The first-order valence-electron chi connectivity index (χ1n) is 7.15. The summed E-state index contributed by atoms with van der Waals surface area (Å²) in [5.74, 6) is 0.259. The van der Waals surface area contributed by atoms with Gasteiger partial charge in [0, 0.05) is 12.3 Å². The van der Waals surface area contributed by atoms with E-state index in [1.165, 1.54) is 14.0 Å². The molecule has 0 unspecified atom stereocenters. The zero-order valence-electron chi connectivity index (χ0n) is 13.6. The number of rotatable bonds is 7. The van der Waals surface area contributed by atoms with Crippen LogP contribution >= 0.6 is 0 Å². The molecule has 0 saturated carbocycles. The molecular weight excluding hydrogens is 312 g/mol. The molecule has 1 atom stereocenters. The molecule has 2 aromatic rings. The first-order valence-corrected chi connectivity index (χ1v) is 7.15. The highest BCUT2D eigenvalue weighted by atomic mass is 16.5. The molecule has 7 nitrogen and oxygen atoms in total. The second-order valence-corrected chi connectivity index (χ2v) is 4.83. The van der Waals surface area contributed by atoms with Crippen molar-refractivity contribution in [2.24, 2.45) is 4.99 Å². The summed E-state index contributed by atoms with van der Waals surface area (Å²) in [6, 6.07) is 8.62. The van der Waals surface area contributed by atoms with Crippen LogP contribution < -0.4 is 14.2 Å². The van der Waals surface area contributed by atoms with Crippen LogP contribution in [-0.2, 0) is 4.79 Å². The number of pyridine rings is 1. The summed E-state index contributed by atoms with van der Waals surface area (Å²) in [7, 11) is 3.04. The molecule has 1 aromatic heterocycles. The van der Waals surface area contributed by atoms with E-state index in [9.17, 15) is 4.79 Å². The fourth-order valence-electron chi connectivity index (χ4n) is 1.82. The van der Waals surface area contributed by atoms with E-state index in [1.807, 2.05) is 0 Å². The molecule has 0 radical (unpaired) electrons. The number of benzene rings is 1. The van der Waals surface area contributed by atoms with Crippen LogP contribution in [0.2, 0.25) is 0 Å². The van der Waals surface area contributed by atoms with Gasteiger partial charge in [-0.3, -0.25) is 4.99 Å². The highest BCUT2D eigenvalue weighted by Crippen LogP contribution is 2.28. The van der Waals surface area contributed by atoms with Crippen molar-refractivity contribution in [1.29, 1.82) is 0 Å². The van der Waals surface area contributed by atoms with Crippen molar-refractivity contribution in [3.63, 3.8) is 0 Å². The Morgan fingerprint density at radius 1 is 1.21 bits per heavy atom. The predicted octanol–water partition coefficient (Wildman–Crippen LogP) is 2.70. The number of hydrogen-bond donors (Lipinski definition) is 1. The Balaban J connectivity index is 2.16. The lowest BCUT2D eigenvalue weighted by Gasteiger charge is -2.14. The molecular formula is C17H18N2O5. The van der Waals surface area contributed by atoms with Crippen LogP contribution in [0.3, 0.4) is 0 Å². The third kappa shape index (κ3) is 4.45. The van der Waals surface area contributed by atoms with E-state index in [4.69, 9.17) is 19.3 Å². The zero-order valence-corrected chi connectivity index (χ0v) is 13.6. The van der Waals surface area contributed by atoms with Crippen LogP contribution in [0.15, 0.2) is 41.5 Å². The SMILES string of the molecule is COc1ccc(N=Cc2ccc(O[C@@H](C)C(=O)O)c(OC)c2)cn1. The van der Waals surface area contributed by atoms with Crippen LogP contribution in [0.4, 0.5) is 5.69 Å². The molecule has 1 N–H and O–H groups in total. The summed E-state index contributed by atoms with van der Waals surface area (Å²) in [6.07, 6.45) is 2.28. The average molecular weight is 330 g/mol. The molecule has 0 aliphatic carbocycles. The van der Waals surface area contributed by atoms with E-state index in [1.54, 1.807) is 49.9 Å². The lowest BCUT2D eigenvalue weighted by atomic mass is 10.2. The van der Waals surface area contributed by atoms with Gasteiger partial charge in [-0.05, 0) is 36.8 Å². The number of nitrogens with zero attached hydrogens (tertiary/aromatic N) is 2. The number of methoxy groups -OCH3 is 2. The highest BCUT2D eigenvalue weighted by Gasteiger charge is 2.15. The first kappa shape index (κ1) is 17.3. The van der Waals surface area contributed by atoms with E-state index in [0.29, 0.717) is 23.1 Å². The maximum Gasteiger partial charge on any atom is 0.344 e. The quantitative estimate of drug-likeness (QED) is 0.785. The summed E-state index contributed by atoms with van der Waals surface area (Å²) < 4.78 is 15.6. The molecule has 2 rings (SSSR count). The van der Waals surface area contributed by atoms with Crippen molar-refractivity contribution in [2.45, 2.75) is 13.0 Å². The Hall–Kier alpha value is -3.09. The topological polar surface area (TPSA) is 90.2 Å². The minimum Gasteiger partial charge on any atom is -0.493 e. The van der Waals surface area contributed by atoms with E-state index in [0.717, 1.165) is 5.56 Å². The van der Waals surface area contributed by atoms with Crippen molar-refractivity contribution in [1.82, 2.24) is 4.98 Å². The number of aromatic nitrogens is 1. The van der Waals surface area contributed by atoms with Crippen LogP contribution in [0, 0.1) is 0 Å². The average Bonchev–Trinajstić information content (AvgIpc) is 2.61. The smallest absolute Gasteiger partial charge is 0.344 e. The molecule has 24 heavy (non-hydrogen) atoms. The molecule has 0 amide bonds. The van der Waals surface area contributed by atoms with Gasteiger partial charge in [-0.1, -0.05) is 0 Å². The molecule has 126 valence electrons. The monoisotopic (exact) mass is 330 g/mol. The van der Waals surface area contributed by atoms with Crippen LogP contribution in [0.5, 0.6) is 17.4 Å². The Labute approximate surface area is 139 Å². The molecule has 0 fully saturated rings. The fourth-order valence-corrected chi connectivity index (χ4v) is 1.82. The lowest BCUT2D eigenvalue weighted by Crippen LogP contribution is -2.23. The summed E-state index contributed by atoms with van der Waals surface area (Å²) in [5, 5.41) is 8.91. The maximum absolute atomic E-state index is 10.9. The standard InChI is InChI=1S/C17H18N2O5/c1-11(17(20)21)24-14-6-4-12(8-15(14)22-2)9-18-13-5-7-16(23-3)19-10-13/h4-11H,1-3H3,(H,20,21)/t11-/m0/s1. The predicted molar refractivity (Wildman–Crippen MR) is 88.8 cm³/mol. The van der Waals surface area contributed by atoms with Crippen molar-refractivity contribution in [3.8, 4) is 17.4 Å². The Kier molecular flexibility index (Phi) is 5.73. The zero-order chi connectivity index (χ0) is 17.5. The molecule has 7 heteroatoms. The molecule has 0 saturated heterocycles. The fraction of sp³-hybridized carbons (Fsp3) is 0.235. The Bertz CT molecular complexity index is 728. The summed E-state index contributed by atoms with van der Waals surface area (Å²) in [6.45, 7) is 1.45. The Morgan fingerprint density at radius 3 is 2.58 bits per heavy atom. The third-order valence-electron chi connectivity index (χ3n) is 3.13. The first-order chi connectivity index (χ1) is 11.5. The van der Waals surface area contributed by atoms with Gasteiger partial charge >= 0.3 is 5.97 Å². The van der Waals surface area contributed by atoms with Gasteiger partial charge in [-0.25, -0.2) is 9.78 Å². The van der Waals surface area contributed by atoms with Gasteiger partial charge in [0.2, 0.25) is 5.88 Å². The van der Waals surface area contributed by atoms with E-state index < -0.39 is 12.1 Å². The third-order valence-corrected chi connectivity index (χ3v) is 3.13. The summed E-state index contributed by atoms with van der Waals surface area (Å²) in [4.78, 5) is 19.3. The van der Waals surface area contributed by atoms with Gasteiger partial charge in [0.1, 0.15) is 0 Å². The van der Waals surface area contributed by atoms with Crippen LogP contribution in [0.1, 0.15) is 12.5 Å². The molecule has 0 spiro atoms. The van der Waals surface area contributed by atoms with Gasteiger partial charge < -0.3 is 19.3 Å². The minimum atomic E-state index is -1.05. The highest BCUT2D eigenvalue weighted by molar-refractivity contribution is 5.83. The molecule has 0 aliphatic rings. The molecule has 0 aliphatic heterocycles. The maximum atomic E-state index is 10.9. The number of carboxylic acids is 1. The van der Waals surface area contributed by atoms with Gasteiger partial charge in [-0.15, -0.1) is 0 Å². The Morgan fingerprint density at radius 2 is 2.00 bits per heavy atom. The van der Waals surface area contributed by atoms with Gasteiger partial charge in [0.15, 0.2) is 17.6 Å². The number of aliphatic carboxylic acids is 1. The van der Waals surface area contributed by atoms with Crippen molar-refractivity contribution >= 4 is 17.9 Å². The van der Waals surface area contributed by atoms with Crippen LogP contribution in [0.25, 0.3) is 0 Å². The normalized spacial score (nSPS) is 12.0. The minimum absolute atomic E-state index is 0.357. The number of carbonyl (C=O) groups is 1. The van der Waals surface area contributed by atoms with Gasteiger partial charge in [-0.2, -0.15) is 0 Å². The van der Waals surface area contributed by atoms with Crippen molar-refractivity contribution in [3.05, 3.63) is 42.1 Å². The molecule has 1 aromatic carbocycles. The number of carboxylic acid groups (broad SMARTS) is 1. The number of aliphatic imine (C=N–C) groups is 1. The second-order valence-electron chi connectivity index (χ2n) is 4.83. The van der Waals surface area contributed by atoms with E-state index >= 15 is 0 Å². The number of hydrogen-bond acceptors (Lipinski definition) is 6. The van der Waals surface area contributed by atoms with Crippen LogP contribution in [-0.4, -0.2) is 42.6 Å². The number of ether oxygens (including phenoxy) is 3. The van der Waals surface area contributed by atoms with Crippen molar-refractivity contribution < 1.29 is 24.1 Å². The van der Waals surface area contributed by atoms with E-state index in [2.05, 4.69) is 9.98 Å². The van der Waals surface area contributed by atoms with Crippen molar-refractivity contribution in [2.75, 3.05) is 14.2 Å². The summed E-state index contributed by atoms with van der Waals surface area (Å²) >= 11 is 0. The molecule has 1 heterocycles. The lowest BCUT2D eigenvalue weighted by molar-refractivity contribution is -0.144. The van der Waals surface area contributed by atoms with Gasteiger partial charge in [0.25, 0.3) is 0 Å². The largest absolute Gasteiger partial charge is 0.493 e. The van der Waals surface area contributed by atoms with Gasteiger partial charge in [0.05, 0.1) is 26.1 Å². The van der Waals surface area contributed by atoms with E-state index in [-0.39, 0.29) is 0 Å². The second kappa shape index (κ2) is 7.96. The molecule has 0 bridgehead atoms. The summed E-state index contributed by atoms with van der Waals surface area (Å²) in [5.41, 5.74) is 1.45.